The molecule has 3 aliphatic heterocycles. The number of nitrogens with two attached hydrogens (primary N) is 1. The van der Waals surface area contributed by atoms with Gasteiger partial charge in [-0.25, -0.2) is 0 Å². The van der Waals surface area contributed by atoms with Crippen LogP contribution in [0.25, 0.3) is 0 Å². The van der Waals surface area contributed by atoms with Crippen molar-refractivity contribution >= 4 is 0 Å². The first-order chi connectivity index (χ1) is 6.99. The van der Waals surface area contributed by atoms with Crippen LogP contribution in [0.4, 0.5) is 0 Å². The molecule has 88 valence electrons. The minimum absolute atomic E-state index is 0.420. The summed E-state index contributed by atoms with van der Waals surface area (Å²) in [6.07, 6.45) is 4.19. The fourth-order valence-electron chi connectivity index (χ4n) is 3.42. The summed E-state index contributed by atoms with van der Waals surface area (Å²) in [5.74, 6) is 0.420. The summed E-state index contributed by atoms with van der Waals surface area (Å²) in [7, 11) is 0. The van der Waals surface area contributed by atoms with Gasteiger partial charge in [-0.05, 0) is 45.2 Å². The lowest BCUT2D eigenvalue weighted by Gasteiger charge is -2.56. The highest BCUT2D eigenvalue weighted by Gasteiger charge is 2.54. The van der Waals surface area contributed by atoms with Crippen LogP contribution in [0.3, 0.4) is 0 Å². The van der Waals surface area contributed by atoms with Crippen molar-refractivity contribution in [2.75, 3.05) is 19.6 Å². The molecular weight excluding hydrogens is 188 g/mol. The second-order valence-electron chi connectivity index (χ2n) is 5.64. The number of aliphatic hydroxyl groups is 1. The first kappa shape index (κ1) is 11.4. The Morgan fingerprint density at radius 1 is 1.47 bits per heavy atom. The maximum absolute atomic E-state index is 10.9. The average molecular weight is 212 g/mol. The Hall–Kier alpha value is -0.120. The van der Waals surface area contributed by atoms with Crippen LogP contribution in [0.15, 0.2) is 0 Å². The monoisotopic (exact) mass is 212 g/mol. The van der Waals surface area contributed by atoms with E-state index in [1.165, 1.54) is 0 Å². The molecule has 3 nitrogen and oxygen atoms in total. The summed E-state index contributed by atoms with van der Waals surface area (Å²) in [6, 6.07) is 0. The Bertz CT molecular complexity index is 234. The molecule has 2 bridgehead atoms. The van der Waals surface area contributed by atoms with Gasteiger partial charge in [0.1, 0.15) is 0 Å². The fraction of sp³-hybridized carbons (Fsp3) is 1.00. The summed E-state index contributed by atoms with van der Waals surface area (Å²) >= 11 is 0. The number of hydrogen-bond donors (Lipinski definition) is 2. The minimum atomic E-state index is -0.653. The second kappa shape index (κ2) is 3.72. The Labute approximate surface area is 92.6 Å². The van der Waals surface area contributed by atoms with E-state index in [1.807, 2.05) is 6.92 Å². The predicted molar refractivity (Wildman–Crippen MR) is 61.6 cm³/mol. The van der Waals surface area contributed by atoms with Crippen LogP contribution in [0.2, 0.25) is 0 Å². The van der Waals surface area contributed by atoms with Crippen molar-refractivity contribution in [3.8, 4) is 0 Å². The van der Waals surface area contributed by atoms with Crippen molar-refractivity contribution in [1.29, 1.82) is 0 Å². The van der Waals surface area contributed by atoms with Gasteiger partial charge in [0, 0.05) is 12.1 Å². The zero-order valence-corrected chi connectivity index (χ0v) is 10.00. The molecule has 0 aliphatic carbocycles. The molecule has 0 amide bonds. The minimum Gasteiger partial charge on any atom is -0.386 e. The van der Waals surface area contributed by atoms with Gasteiger partial charge in [-0.1, -0.05) is 13.3 Å². The second-order valence-corrected chi connectivity index (χ2v) is 5.64. The van der Waals surface area contributed by atoms with Gasteiger partial charge in [-0.3, -0.25) is 0 Å². The summed E-state index contributed by atoms with van der Waals surface area (Å²) < 4.78 is 0. The van der Waals surface area contributed by atoms with E-state index in [0.29, 0.717) is 5.92 Å². The molecule has 3 N–H and O–H groups in total. The normalized spacial score (nSPS) is 44.0. The average Bonchev–Trinajstić information content (AvgIpc) is 2.18. The number of hydrogen-bond acceptors (Lipinski definition) is 3. The topological polar surface area (TPSA) is 49.5 Å². The van der Waals surface area contributed by atoms with Crippen molar-refractivity contribution < 1.29 is 5.11 Å². The first-order valence-corrected chi connectivity index (χ1v) is 6.23. The molecule has 3 saturated heterocycles. The third kappa shape index (κ3) is 1.71. The number of nitrogens with zero attached hydrogens (tertiary/aromatic N) is 1. The molecule has 3 fully saturated rings. The largest absolute Gasteiger partial charge is 0.386 e. The van der Waals surface area contributed by atoms with Crippen LogP contribution in [0.5, 0.6) is 0 Å². The molecule has 0 saturated carbocycles. The van der Waals surface area contributed by atoms with Gasteiger partial charge in [0.2, 0.25) is 0 Å². The summed E-state index contributed by atoms with van der Waals surface area (Å²) in [5.41, 5.74) is 5.27. The molecule has 3 heterocycles. The van der Waals surface area contributed by atoms with E-state index in [4.69, 9.17) is 5.73 Å². The third-order valence-electron chi connectivity index (χ3n) is 4.49. The van der Waals surface area contributed by atoms with Crippen LogP contribution in [0.1, 0.15) is 39.5 Å². The number of piperidine rings is 3. The van der Waals surface area contributed by atoms with E-state index in [0.717, 1.165) is 45.3 Å². The molecule has 3 heteroatoms. The van der Waals surface area contributed by atoms with E-state index in [-0.39, 0.29) is 0 Å². The summed E-state index contributed by atoms with van der Waals surface area (Å²) in [5, 5.41) is 10.9. The Morgan fingerprint density at radius 3 is 2.47 bits per heavy atom. The lowest BCUT2D eigenvalue weighted by atomic mass is 9.64. The molecule has 3 aliphatic rings. The Balaban J connectivity index is 2.18. The molecule has 3 rings (SSSR count). The third-order valence-corrected chi connectivity index (χ3v) is 4.49. The molecule has 0 spiro atoms. The smallest absolute Gasteiger partial charge is 0.0978 e. The van der Waals surface area contributed by atoms with E-state index in [9.17, 15) is 5.11 Å². The van der Waals surface area contributed by atoms with Gasteiger partial charge in [0.15, 0.2) is 0 Å². The van der Waals surface area contributed by atoms with Crippen LogP contribution in [-0.4, -0.2) is 40.8 Å². The van der Waals surface area contributed by atoms with Crippen molar-refractivity contribution in [3.63, 3.8) is 0 Å². The van der Waals surface area contributed by atoms with E-state index < -0.39 is 11.1 Å². The maximum atomic E-state index is 10.9. The van der Waals surface area contributed by atoms with Gasteiger partial charge in [0.05, 0.1) is 5.60 Å². The lowest BCUT2D eigenvalue weighted by molar-refractivity contribution is -0.153. The fourth-order valence-corrected chi connectivity index (χ4v) is 3.42. The van der Waals surface area contributed by atoms with Crippen molar-refractivity contribution in [3.05, 3.63) is 0 Å². The van der Waals surface area contributed by atoms with Crippen molar-refractivity contribution in [2.24, 2.45) is 11.7 Å². The highest BCUT2D eigenvalue weighted by atomic mass is 16.3. The summed E-state index contributed by atoms with van der Waals surface area (Å²) in [4.78, 5) is 2.36. The highest BCUT2D eigenvalue weighted by molar-refractivity contribution is 5.10. The molecule has 2 unspecified atom stereocenters. The zero-order valence-electron chi connectivity index (χ0n) is 10.00. The maximum Gasteiger partial charge on any atom is 0.0978 e. The highest BCUT2D eigenvalue weighted by Crippen LogP contribution is 2.42. The molecule has 2 atom stereocenters. The molecule has 0 aromatic carbocycles. The van der Waals surface area contributed by atoms with Crippen molar-refractivity contribution in [1.82, 2.24) is 4.90 Å². The van der Waals surface area contributed by atoms with Crippen LogP contribution >= 0.6 is 0 Å². The summed E-state index contributed by atoms with van der Waals surface area (Å²) in [6.45, 7) is 7.24. The number of fused-ring (bicyclic) bond motifs is 3. The predicted octanol–water partition coefficient (Wildman–Crippen LogP) is 0.961. The van der Waals surface area contributed by atoms with Gasteiger partial charge < -0.3 is 15.7 Å². The van der Waals surface area contributed by atoms with E-state index in [1.54, 1.807) is 0 Å². The zero-order chi connectivity index (χ0) is 11.1. The van der Waals surface area contributed by atoms with Gasteiger partial charge in [0.25, 0.3) is 0 Å². The number of rotatable bonds is 3. The van der Waals surface area contributed by atoms with E-state index in [2.05, 4.69) is 11.8 Å². The van der Waals surface area contributed by atoms with Crippen LogP contribution in [-0.2, 0) is 0 Å². The van der Waals surface area contributed by atoms with Crippen molar-refractivity contribution in [2.45, 2.75) is 50.7 Å². The van der Waals surface area contributed by atoms with Gasteiger partial charge in [-0.15, -0.1) is 0 Å². The molecule has 15 heavy (non-hydrogen) atoms. The van der Waals surface area contributed by atoms with Crippen LogP contribution in [0, 0.1) is 5.92 Å². The SMILES string of the molecule is CCCC(C)(N)C1(O)CN2CCC1CC2. The van der Waals surface area contributed by atoms with Gasteiger partial charge >= 0.3 is 0 Å². The molecule has 0 aromatic rings. The quantitative estimate of drug-likeness (QED) is 0.732. The molecule has 0 aromatic heterocycles. The Morgan fingerprint density at radius 2 is 2.07 bits per heavy atom. The molecule has 0 radical (unpaired) electrons. The van der Waals surface area contributed by atoms with E-state index >= 15 is 0 Å². The first-order valence-electron chi connectivity index (χ1n) is 6.23. The lowest BCUT2D eigenvalue weighted by Crippen LogP contribution is -2.71. The Kier molecular flexibility index (Phi) is 2.82. The van der Waals surface area contributed by atoms with Gasteiger partial charge in [-0.2, -0.15) is 0 Å². The van der Waals surface area contributed by atoms with Crippen LogP contribution < -0.4 is 5.73 Å². The molecular formula is C12H24N2O. The standard InChI is InChI=1S/C12H24N2O/c1-3-6-11(2,13)12(15)9-14-7-4-10(12)5-8-14/h10,15H,3-9,13H2,1-2H3.